The molecule has 2 heteroatoms. The predicted octanol–water partition coefficient (Wildman–Crippen LogP) is 25.4. The van der Waals surface area contributed by atoms with Gasteiger partial charge in [0.25, 0.3) is 0 Å². The van der Waals surface area contributed by atoms with Gasteiger partial charge in [-0.05, 0) is 224 Å². The molecule has 0 N–H and O–H groups in total. The highest BCUT2D eigenvalue weighted by atomic mass is 16.5. The minimum absolute atomic E-state index is 0.0255. The van der Waals surface area contributed by atoms with Crippen LogP contribution < -0.4 is 9.64 Å². The first kappa shape index (κ1) is 61.7. The quantitative estimate of drug-likeness (QED) is 0.101. The summed E-state index contributed by atoms with van der Waals surface area (Å²) in [6.07, 6.45) is 6.88. The maximum Gasteiger partial charge on any atom is 0.151 e. The van der Waals surface area contributed by atoms with Crippen LogP contribution in [0, 0.1) is 0 Å². The first-order valence-corrected chi connectivity index (χ1v) is 32.2. The third-order valence-corrected chi connectivity index (χ3v) is 18.5. The summed E-state index contributed by atoms with van der Waals surface area (Å²) in [6.45, 7) is 41.7. The van der Waals surface area contributed by atoms with Gasteiger partial charge in [-0.3, -0.25) is 0 Å². The number of hydrogen-bond donors (Lipinski definition) is 0. The van der Waals surface area contributed by atoms with E-state index in [2.05, 4.69) is 318 Å². The summed E-state index contributed by atoms with van der Waals surface area (Å²) in [5.41, 5.74) is 25.3. The van der Waals surface area contributed by atoms with E-state index < -0.39 is 0 Å². The molecule has 0 bridgehead atoms. The topological polar surface area (TPSA) is 12.5 Å². The van der Waals surface area contributed by atoms with E-state index >= 15 is 0 Å². The van der Waals surface area contributed by atoms with Gasteiger partial charge < -0.3 is 9.64 Å². The lowest BCUT2D eigenvalue weighted by molar-refractivity contribution is 0.440. The van der Waals surface area contributed by atoms with Crippen molar-refractivity contribution < 1.29 is 4.74 Å². The Kier molecular flexibility index (Phi) is 17.0. The molecule has 0 amide bonds. The molecule has 2 nitrogen and oxygen atoms in total. The molecule has 444 valence electrons. The molecule has 9 aromatic carbocycles. The highest BCUT2D eigenvalue weighted by molar-refractivity contribution is 5.93. The second-order valence-corrected chi connectivity index (χ2v) is 30.5. The fourth-order valence-electron chi connectivity index (χ4n) is 12.4. The lowest BCUT2D eigenvalue weighted by atomic mass is 9.79. The van der Waals surface area contributed by atoms with Crippen molar-refractivity contribution in [2.24, 2.45) is 0 Å². The number of benzene rings is 9. The highest BCUT2D eigenvalue weighted by Crippen LogP contribution is 2.54. The van der Waals surface area contributed by atoms with Gasteiger partial charge in [-0.15, -0.1) is 0 Å². The molecule has 0 spiro atoms. The van der Waals surface area contributed by atoms with Gasteiger partial charge in [0.2, 0.25) is 0 Å². The molecular weight excluding hydrogens is 1040 g/mol. The van der Waals surface area contributed by atoms with E-state index in [1.807, 2.05) is 0 Å². The van der Waals surface area contributed by atoms with E-state index in [-0.39, 0.29) is 32.5 Å². The van der Waals surface area contributed by atoms with Gasteiger partial charge in [-0.1, -0.05) is 260 Å². The standard InChI is InChI=1S/C84H97NO/c1-19-21-43-83(15,16)72-39-41-75-77(54-72)86-78-55-73(84(17,18)44-22-20-2)40-42-76(78)85(75)74-52-66(64-47-60(56-23-31-68(32-24-56)79(3,4)5)45-61(48-64)57-25-33-69(34-26-57)80(6,7)8)51-67(53-74)65-49-62(58-27-35-70(36-28-58)81(9,10)11)46-63(50-65)59-29-37-71(38-30-59)82(12,13)14/h23-42,45-55H,19-22,43-44H2,1-18H3. The Morgan fingerprint density at radius 3 is 0.744 bits per heavy atom. The Morgan fingerprint density at radius 2 is 0.500 bits per heavy atom. The maximum absolute atomic E-state index is 7.27. The van der Waals surface area contributed by atoms with Crippen molar-refractivity contribution in [3.63, 3.8) is 0 Å². The normalized spacial score (nSPS) is 13.1. The van der Waals surface area contributed by atoms with Crippen molar-refractivity contribution in [1.29, 1.82) is 0 Å². The molecule has 10 rings (SSSR count). The zero-order chi connectivity index (χ0) is 61.7. The van der Waals surface area contributed by atoms with Gasteiger partial charge in [0, 0.05) is 5.69 Å². The number of unbranched alkanes of at least 4 members (excludes halogenated alkanes) is 2. The third-order valence-electron chi connectivity index (χ3n) is 18.5. The molecule has 86 heavy (non-hydrogen) atoms. The van der Waals surface area contributed by atoms with Crippen LogP contribution in [0.25, 0.3) is 66.8 Å². The molecule has 9 aromatic rings. The van der Waals surface area contributed by atoms with Crippen molar-refractivity contribution in [1.82, 2.24) is 0 Å². The lowest BCUT2D eigenvalue weighted by Crippen LogP contribution is -2.21. The molecule has 1 aliphatic heterocycles. The zero-order valence-electron chi connectivity index (χ0n) is 55.5. The Balaban J connectivity index is 1.26. The number of hydrogen-bond acceptors (Lipinski definition) is 2. The number of anilines is 3. The van der Waals surface area contributed by atoms with Crippen molar-refractivity contribution in [3.05, 3.63) is 221 Å². The van der Waals surface area contributed by atoms with E-state index in [9.17, 15) is 0 Å². The lowest BCUT2D eigenvalue weighted by Gasteiger charge is -2.36. The number of fused-ring (bicyclic) bond motifs is 2. The number of rotatable bonds is 15. The van der Waals surface area contributed by atoms with Gasteiger partial charge in [0.1, 0.15) is 0 Å². The van der Waals surface area contributed by atoms with Crippen LogP contribution in [0.15, 0.2) is 188 Å². The SMILES string of the molecule is CCCCC(C)(C)c1ccc2c(c1)Oc1cc(C(C)(C)CCCC)ccc1N2c1cc(-c2cc(-c3ccc(C(C)(C)C)cc3)cc(-c3ccc(C(C)(C)C)cc3)c2)cc(-c2cc(-c3ccc(C(C)(C)C)cc3)cc(-c3ccc(C(C)(C)C)cc3)c2)c1. The van der Waals surface area contributed by atoms with Crippen molar-refractivity contribution in [2.75, 3.05) is 4.90 Å². The molecule has 0 unspecified atom stereocenters. The molecule has 0 saturated heterocycles. The van der Waals surface area contributed by atoms with Crippen LogP contribution in [0.5, 0.6) is 11.5 Å². The molecule has 1 aliphatic rings. The molecule has 0 aliphatic carbocycles. The van der Waals surface area contributed by atoms with Crippen LogP contribution >= 0.6 is 0 Å². The van der Waals surface area contributed by atoms with E-state index in [1.54, 1.807) is 0 Å². The molecule has 0 aromatic heterocycles. The van der Waals surface area contributed by atoms with Crippen molar-refractivity contribution in [2.45, 2.75) is 196 Å². The second-order valence-electron chi connectivity index (χ2n) is 30.5. The Bertz CT molecular complexity index is 3460. The fourth-order valence-corrected chi connectivity index (χ4v) is 12.4. The van der Waals surface area contributed by atoms with Crippen LogP contribution in [-0.4, -0.2) is 0 Å². The summed E-state index contributed by atoms with van der Waals surface area (Å²) in [5.74, 6) is 1.77. The zero-order valence-corrected chi connectivity index (χ0v) is 55.5. The third kappa shape index (κ3) is 13.4. The smallest absolute Gasteiger partial charge is 0.151 e. The summed E-state index contributed by atoms with van der Waals surface area (Å²) >= 11 is 0. The average molecular weight is 1140 g/mol. The summed E-state index contributed by atoms with van der Waals surface area (Å²) < 4.78 is 7.27. The molecular formula is C84H97NO. The second kappa shape index (κ2) is 23.7. The summed E-state index contributed by atoms with van der Waals surface area (Å²) in [6, 6.07) is 73.0. The number of nitrogens with zero attached hydrogens (tertiary/aromatic N) is 1. The fraction of sp³-hybridized carbons (Fsp3) is 0.357. The van der Waals surface area contributed by atoms with Crippen LogP contribution in [0.4, 0.5) is 17.1 Å². The Morgan fingerprint density at radius 1 is 0.267 bits per heavy atom. The predicted molar refractivity (Wildman–Crippen MR) is 374 cm³/mol. The van der Waals surface area contributed by atoms with Crippen LogP contribution in [-0.2, 0) is 32.5 Å². The van der Waals surface area contributed by atoms with Gasteiger partial charge in [-0.25, -0.2) is 0 Å². The average Bonchev–Trinajstić information content (AvgIpc) is 0.847. The van der Waals surface area contributed by atoms with E-state index in [4.69, 9.17) is 4.74 Å². The number of ether oxygens (including phenoxy) is 1. The molecule has 0 saturated carbocycles. The minimum Gasteiger partial charge on any atom is -0.453 e. The first-order valence-electron chi connectivity index (χ1n) is 32.2. The largest absolute Gasteiger partial charge is 0.453 e. The Labute approximate surface area is 519 Å². The minimum atomic E-state index is -0.0255. The van der Waals surface area contributed by atoms with Crippen molar-refractivity contribution >= 4 is 17.1 Å². The monoisotopic (exact) mass is 1140 g/mol. The van der Waals surface area contributed by atoms with Crippen LogP contribution in [0.3, 0.4) is 0 Å². The van der Waals surface area contributed by atoms with E-state index in [1.165, 1.54) is 90.7 Å². The molecule has 0 atom stereocenters. The maximum atomic E-state index is 7.27. The summed E-state index contributed by atoms with van der Waals surface area (Å²) in [7, 11) is 0. The van der Waals surface area contributed by atoms with Gasteiger partial charge >= 0.3 is 0 Å². The van der Waals surface area contributed by atoms with E-state index in [0.717, 1.165) is 76.5 Å². The van der Waals surface area contributed by atoms with Gasteiger partial charge in [0.15, 0.2) is 11.5 Å². The Hall–Kier alpha value is -7.42. The molecule has 1 heterocycles. The van der Waals surface area contributed by atoms with Gasteiger partial charge in [0.05, 0.1) is 11.4 Å². The first-order chi connectivity index (χ1) is 40.5. The van der Waals surface area contributed by atoms with Crippen LogP contribution in [0.2, 0.25) is 0 Å². The van der Waals surface area contributed by atoms with E-state index in [0.29, 0.717) is 0 Å². The van der Waals surface area contributed by atoms with Crippen molar-refractivity contribution in [3.8, 4) is 78.3 Å². The van der Waals surface area contributed by atoms with Gasteiger partial charge in [-0.2, -0.15) is 0 Å². The summed E-state index contributed by atoms with van der Waals surface area (Å²) in [5, 5.41) is 0. The highest BCUT2D eigenvalue weighted by Gasteiger charge is 2.32. The van der Waals surface area contributed by atoms with Crippen LogP contribution in [0.1, 0.15) is 197 Å². The molecule has 0 radical (unpaired) electrons. The molecule has 0 fully saturated rings. The summed E-state index contributed by atoms with van der Waals surface area (Å²) in [4.78, 5) is 2.50.